The van der Waals surface area contributed by atoms with Gasteiger partial charge >= 0.3 is 0 Å². The highest BCUT2D eigenvalue weighted by molar-refractivity contribution is 6.32. The number of hydrogen-bond acceptors (Lipinski definition) is 8. The van der Waals surface area contributed by atoms with Crippen LogP contribution in [0.1, 0.15) is 47.6 Å². The van der Waals surface area contributed by atoms with Crippen LogP contribution in [-0.4, -0.2) is 35.9 Å². The number of benzene rings is 3. The van der Waals surface area contributed by atoms with Crippen LogP contribution < -0.4 is 20.1 Å². The molecule has 1 aliphatic carbocycles. The van der Waals surface area contributed by atoms with Crippen molar-refractivity contribution in [2.75, 3.05) is 19.7 Å². The van der Waals surface area contributed by atoms with Crippen LogP contribution in [0.4, 0.5) is 0 Å². The van der Waals surface area contributed by atoms with Gasteiger partial charge in [0.25, 0.3) is 0 Å². The first-order chi connectivity index (χ1) is 22.8. The Labute approximate surface area is 279 Å². The standard InChI is InChI=1S/C37H37ClN4O5/c1-25-32(29-10-4-3-5-11-29)12-7-13-37(25,36-18-31(22-43)42-47-36)24-46-35-19-34(45-23-28-9-6-8-27(16-28)20-39)30(17-33(35)38)21-40-14-15-41-26(2)44/h3-13,16-19,25,40,43H,14-15,21-24H2,1-2H3,(H,41,44). The number of nitriles is 1. The number of aliphatic hydroxyl groups excluding tert-OH is 1. The Morgan fingerprint density at radius 2 is 1.91 bits per heavy atom. The lowest BCUT2D eigenvalue weighted by Gasteiger charge is -2.38. The van der Waals surface area contributed by atoms with Gasteiger partial charge in [0.2, 0.25) is 5.91 Å². The van der Waals surface area contributed by atoms with Crippen molar-refractivity contribution in [3.8, 4) is 17.6 Å². The van der Waals surface area contributed by atoms with Gasteiger partial charge in [-0.1, -0.05) is 84.4 Å². The number of carbonyl (C=O) groups is 1. The Kier molecular flexibility index (Phi) is 11.1. The fraction of sp³-hybridized carbons (Fsp3) is 0.270. The third kappa shape index (κ3) is 8.10. The highest BCUT2D eigenvalue weighted by atomic mass is 35.5. The minimum absolute atomic E-state index is 0.0934. The Balaban J connectivity index is 1.43. The lowest BCUT2D eigenvalue weighted by atomic mass is 9.67. The number of allylic oxidation sites excluding steroid dienone is 3. The average molecular weight is 653 g/mol. The topological polar surface area (TPSA) is 130 Å². The molecule has 2 atom stereocenters. The molecular weight excluding hydrogens is 616 g/mol. The summed E-state index contributed by atoms with van der Waals surface area (Å²) < 4.78 is 18.6. The van der Waals surface area contributed by atoms with Crippen molar-refractivity contribution in [3.63, 3.8) is 0 Å². The number of ether oxygens (including phenoxy) is 2. The van der Waals surface area contributed by atoms with E-state index < -0.39 is 5.41 Å². The van der Waals surface area contributed by atoms with E-state index in [4.69, 9.17) is 25.6 Å². The molecule has 0 aliphatic heterocycles. The van der Waals surface area contributed by atoms with E-state index in [0.717, 1.165) is 22.3 Å². The maximum absolute atomic E-state index is 11.3. The zero-order valence-corrected chi connectivity index (χ0v) is 27.1. The normalized spacial score (nSPS) is 17.1. The third-order valence-corrected chi connectivity index (χ3v) is 8.51. The molecule has 0 fully saturated rings. The van der Waals surface area contributed by atoms with Gasteiger partial charge in [0.15, 0.2) is 5.76 Å². The number of nitrogens with one attached hydrogen (secondary N) is 2. The van der Waals surface area contributed by atoms with E-state index in [-0.39, 0.29) is 31.6 Å². The fourth-order valence-electron chi connectivity index (χ4n) is 5.61. The number of aromatic nitrogens is 1. The lowest BCUT2D eigenvalue weighted by molar-refractivity contribution is -0.118. The third-order valence-electron chi connectivity index (χ3n) is 8.22. The first kappa shape index (κ1) is 33.5. The van der Waals surface area contributed by atoms with E-state index in [1.807, 2.05) is 48.6 Å². The highest BCUT2D eigenvalue weighted by Crippen LogP contribution is 2.45. The molecule has 1 amide bonds. The maximum atomic E-state index is 11.3. The van der Waals surface area contributed by atoms with Crippen LogP contribution >= 0.6 is 11.6 Å². The molecule has 1 aliphatic rings. The van der Waals surface area contributed by atoms with Crippen molar-refractivity contribution < 1.29 is 23.9 Å². The van der Waals surface area contributed by atoms with Crippen LogP contribution in [0, 0.1) is 17.2 Å². The molecule has 5 rings (SSSR count). The highest BCUT2D eigenvalue weighted by Gasteiger charge is 2.44. The van der Waals surface area contributed by atoms with Gasteiger partial charge in [-0.25, -0.2) is 0 Å². The molecule has 0 bridgehead atoms. The number of rotatable bonds is 14. The molecule has 3 N–H and O–H groups in total. The average Bonchev–Trinajstić information content (AvgIpc) is 3.58. The summed E-state index contributed by atoms with van der Waals surface area (Å²) in [4.78, 5) is 11.3. The van der Waals surface area contributed by atoms with Crippen molar-refractivity contribution in [1.82, 2.24) is 15.8 Å². The molecular formula is C37H37ClN4O5. The summed E-state index contributed by atoms with van der Waals surface area (Å²) in [7, 11) is 0. The monoisotopic (exact) mass is 652 g/mol. The van der Waals surface area contributed by atoms with E-state index in [1.54, 1.807) is 24.3 Å². The number of carbonyl (C=O) groups excluding carboxylic acids is 1. The van der Waals surface area contributed by atoms with E-state index >= 15 is 0 Å². The van der Waals surface area contributed by atoms with Crippen molar-refractivity contribution in [3.05, 3.63) is 130 Å². The number of amides is 1. The van der Waals surface area contributed by atoms with Gasteiger partial charge in [0, 0.05) is 50.2 Å². The van der Waals surface area contributed by atoms with Gasteiger partial charge in [-0.05, 0) is 34.9 Å². The SMILES string of the molecule is CC(=O)NCCNCc1cc(Cl)c(OCC2(c3cc(CO)no3)C=CC=C(c3ccccc3)C2C)cc1OCc1cccc(C#N)c1. The summed E-state index contributed by atoms with van der Waals surface area (Å²) in [5.74, 6) is 1.36. The summed E-state index contributed by atoms with van der Waals surface area (Å²) in [6, 6.07) is 24.9. The van der Waals surface area contributed by atoms with Crippen molar-refractivity contribution >= 4 is 23.1 Å². The molecule has 47 heavy (non-hydrogen) atoms. The number of hydrogen-bond donors (Lipinski definition) is 3. The summed E-state index contributed by atoms with van der Waals surface area (Å²) >= 11 is 6.84. The second-order valence-corrected chi connectivity index (χ2v) is 11.8. The van der Waals surface area contributed by atoms with Gasteiger partial charge < -0.3 is 29.7 Å². The summed E-state index contributed by atoms with van der Waals surface area (Å²) in [6.45, 7) is 5.21. The summed E-state index contributed by atoms with van der Waals surface area (Å²) in [6.07, 6.45) is 6.14. The minimum Gasteiger partial charge on any atom is -0.490 e. The smallest absolute Gasteiger partial charge is 0.216 e. The molecule has 10 heteroatoms. The first-order valence-corrected chi connectivity index (χ1v) is 15.7. The quantitative estimate of drug-likeness (QED) is 0.139. The molecule has 0 spiro atoms. The molecule has 9 nitrogen and oxygen atoms in total. The predicted octanol–water partition coefficient (Wildman–Crippen LogP) is 6.10. The predicted molar refractivity (Wildman–Crippen MR) is 180 cm³/mol. The van der Waals surface area contributed by atoms with Gasteiger partial charge in [0.1, 0.15) is 30.4 Å². The van der Waals surface area contributed by atoms with E-state index in [0.29, 0.717) is 53.2 Å². The van der Waals surface area contributed by atoms with Crippen LogP contribution in [0.5, 0.6) is 11.5 Å². The second-order valence-electron chi connectivity index (χ2n) is 11.4. The van der Waals surface area contributed by atoms with Crippen LogP contribution in [0.15, 0.2) is 95.5 Å². The van der Waals surface area contributed by atoms with Gasteiger partial charge in [0.05, 0.1) is 28.7 Å². The van der Waals surface area contributed by atoms with Crippen LogP contribution in [0.25, 0.3) is 5.57 Å². The Morgan fingerprint density at radius 3 is 2.66 bits per heavy atom. The largest absolute Gasteiger partial charge is 0.490 e. The van der Waals surface area contributed by atoms with Crippen molar-refractivity contribution in [2.24, 2.45) is 5.92 Å². The number of nitrogens with zero attached hydrogens (tertiary/aromatic N) is 2. The molecule has 4 aromatic rings. The number of halogens is 1. The molecule has 1 aromatic heterocycles. The minimum atomic E-state index is -0.771. The molecule has 3 aromatic carbocycles. The molecule has 0 saturated heterocycles. The van der Waals surface area contributed by atoms with Gasteiger partial charge in [-0.15, -0.1) is 0 Å². The molecule has 242 valence electrons. The first-order valence-electron chi connectivity index (χ1n) is 15.4. The Hall–Kier alpha value is -4.88. The van der Waals surface area contributed by atoms with Crippen molar-refractivity contribution in [1.29, 1.82) is 5.26 Å². The van der Waals surface area contributed by atoms with E-state index in [2.05, 4.69) is 47.0 Å². The zero-order valence-electron chi connectivity index (χ0n) is 26.3. The van der Waals surface area contributed by atoms with Crippen molar-refractivity contribution in [2.45, 2.75) is 39.0 Å². The number of aliphatic hydroxyl groups is 1. The fourth-order valence-corrected chi connectivity index (χ4v) is 5.85. The summed E-state index contributed by atoms with van der Waals surface area (Å²) in [5, 5.41) is 29.6. The van der Waals surface area contributed by atoms with Crippen LogP contribution in [0.3, 0.4) is 0 Å². The van der Waals surface area contributed by atoms with Crippen LogP contribution in [0.2, 0.25) is 5.02 Å². The second kappa shape index (κ2) is 15.6. The molecule has 1 heterocycles. The summed E-state index contributed by atoms with van der Waals surface area (Å²) in [5.41, 5.74) is 4.05. The molecule has 0 radical (unpaired) electrons. The molecule has 2 unspecified atom stereocenters. The lowest BCUT2D eigenvalue weighted by Crippen LogP contribution is -2.39. The zero-order chi connectivity index (χ0) is 33.2. The molecule has 0 saturated carbocycles. The Bertz CT molecular complexity index is 1800. The van der Waals surface area contributed by atoms with E-state index in [9.17, 15) is 15.2 Å². The van der Waals surface area contributed by atoms with Gasteiger partial charge in [-0.2, -0.15) is 5.26 Å². The van der Waals surface area contributed by atoms with Crippen LogP contribution in [-0.2, 0) is 30.0 Å². The Morgan fingerprint density at radius 1 is 1.09 bits per heavy atom. The van der Waals surface area contributed by atoms with Gasteiger partial charge in [-0.3, -0.25) is 4.79 Å². The maximum Gasteiger partial charge on any atom is 0.216 e. The van der Waals surface area contributed by atoms with E-state index in [1.165, 1.54) is 6.92 Å².